The van der Waals surface area contributed by atoms with Crippen molar-refractivity contribution in [1.29, 1.82) is 0 Å². The van der Waals surface area contributed by atoms with Crippen molar-refractivity contribution in [1.82, 2.24) is 0 Å². The molecule has 0 radical (unpaired) electrons. The minimum Gasteiger partial charge on any atom is -0.496 e. The average molecular weight is 294 g/mol. The highest BCUT2D eigenvalue weighted by molar-refractivity contribution is 6.30. The van der Waals surface area contributed by atoms with Crippen molar-refractivity contribution in [3.8, 4) is 5.75 Å². The van der Waals surface area contributed by atoms with Crippen LogP contribution in [-0.2, 0) is 0 Å². The van der Waals surface area contributed by atoms with E-state index in [0.29, 0.717) is 11.3 Å². The van der Waals surface area contributed by atoms with Gasteiger partial charge in [0, 0.05) is 11.1 Å². The maximum absolute atomic E-state index is 14.1. The van der Waals surface area contributed by atoms with Crippen molar-refractivity contribution >= 4 is 11.6 Å². The summed E-state index contributed by atoms with van der Waals surface area (Å²) in [5, 5.41) is 0.0710. The van der Waals surface area contributed by atoms with Crippen LogP contribution in [0.5, 0.6) is 5.75 Å². The molecule has 0 saturated carbocycles. The number of methoxy groups -OCH3 is 1. The maximum Gasteiger partial charge on any atom is 0.146 e. The van der Waals surface area contributed by atoms with Gasteiger partial charge >= 0.3 is 0 Å². The smallest absolute Gasteiger partial charge is 0.146 e. The summed E-state index contributed by atoms with van der Waals surface area (Å²) < 4.78 is 19.5. The quantitative estimate of drug-likeness (QED) is 0.922. The van der Waals surface area contributed by atoms with Crippen LogP contribution in [-0.4, -0.2) is 7.11 Å². The third kappa shape index (κ3) is 2.65. The Labute approximate surface area is 123 Å². The van der Waals surface area contributed by atoms with Gasteiger partial charge in [-0.25, -0.2) is 4.39 Å². The summed E-state index contributed by atoms with van der Waals surface area (Å²) in [5.41, 5.74) is 9.41. The molecule has 2 aromatic rings. The zero-order chi connectivity index (χ0) is 14.9. The van der Waals surface area contributed by atoms with Crippen LogP contribution in [0, 0.1) is 19.7 Å². The predicted octanol–water partition coefficient (Wildman–Crippen LogP) is 4.15. The number of aryl methyl sites for hydroxylation is 2. The molecule has 0 aliphatic carbocycles. The summed E-state index contributed by atoms with van der Waals surface area (Å²) in [6, 6.07) is 8.11. The Morgan fingerprint density at radius 1 is 1.25 bits per heavy atom. The summed E-state index contributed by atoms with van der Waals surface area (Å²) in [5.74, 6) is 0.179. The minimum absolute atomic E-state index is 0.0710. The molecule has 2 nitrogen and oxygen atoms in total. The third-order valence-electron chi connectivity index (χ3n) is 3.34. The number of ether oxygens (including phenoxy) is 1. The highest BCUT2D eigenvalue weighted by atomic mass is 35.5. The second-order valence-corrected chi connectivity index (χ2v) is 5.23. The van der Waals surface area contributed by atoms with E-state index in [4.69, 9.17) is 22.1 Å². The lowest BCUT2D eigenvalue weighted by Gasteiger charge is -2.20. The summed E-state index contributed by atoms with van der Waals surface area (Å²) in [6.07, 6.45) is 0. The zero-order valence-electron chi connectivity index (χ0n) is 11.7. The monoisotopic (exact) mass is 293 g/mol. The molecule has 0 fully saturated rings. The molecule has 2 rings (SSSR count). The van der Waals surface area contributed by atoms with E-state index in [-0.39, 0.29) is 5.02 Å². The van der Waals surface area contributed by atoms with E-state index in [1.807, 2.05) is 26.0 Å². The van der Waals surface area contributed by atoms with Gasteiger partial charge in [0.1, 0.15) is 11.6 Å². The van der Waals surface area contributed by atoms with Crippen molar-refractivity contribution in [2.45, 2.75) is 19.9 Å². The fourth-order valence-corrected chi connectivity index (χ4v) is 2.61. The molecule has 0 saturated heterocycles. The number of halogens is 2. The van der Waals surface area contributed by atoms with Gasteiger partial charge < -0.3 is 10.5 Å². The molecular weight excluding hydrogens is 277 g/mol. The molecule has 0 amide bonds. The van der Waals surface area contributed by atoms with Gasteiger partial charge in [0.2, 0.25) is 0 Å². The van der Waals surface area contributed by atoms with E-state index in [1.165, 1.54) is 6.07 Å². The molecule has 2 N–H and O–H groups in total. The second kappa shape index (κ2) is 5.81. The first-order chi connectivity index (χ1) is 9.45. The van der Waals surface area contributed by atoms with Crippen molar-refractivity contribution in [2.75, 3.05) is 7.11 Å². The Bertz CT molecular complexity index is 643. The highest BCUT2D eigenvalue weighted by Crippen LogP contribution is 2.34. The van der Waals surface area contributed by atoms with Gasteiger partial charge in [0.15, 0.2) is 0 Å². The Kier molecular flexibility index (Phi) is 4.31. The Hall–Kier alpha value is -1.58. The molecular formula is C16H17ClFNO. The summed E-state index contributed by atoms with van der Waals surface area (Å²) in [7, 11) is 1.58. The van der Waals surface area contributed by atoms with E-state index in [0.717, 1.165) is 16.7 Å². The first kappa shape index (κ1) is 14.8. The van der Waals surface area contributed by atoms with Gasteiger partial charge in [-0.15, -0.1) is 0 Å². The van der Waals surface area contributed by atoms with Crippen molar-refractivity contribution < 1.29 is 9.13 Å². The topological polar surface area (TPSA) is 35.2 Å². The fourth-order valence-electron chi connectivity index (χ4n) is 2.42. The average Bonchev–Trinajstić information content (AvgIpc) is 2.40. The molecule has 0 aliphatic heterocycles. The van der Waals surface area contributed by atoms with Crippen LogP contribution in [0.3, 0.4) is 0 Å². The normalized spacial score (nSPS) is 12.3. The van der Waals surface area contributed by atoms with Crippen LogP contribution in [0.25, 0.3) is 0 Å². The fraction of sp³-hybridized carbons (Fsp3) is 0.250. The lowest BCUT2D eigenvalue weighted by Crippen LogP contribution is -2.16. The van der Waals surface area contributed by atoms with Gasteiger partial charge in [-0.2, -0.15) is 0 Å². The zero-order valence-corrected chi connectivity index (χ0v) is 12.5. The van der Waals surface area contributed by atoms with E-state index >= 15 is 0 Å². The van der Waals surface area contributed by atoms with Gasteiger partial charge in [-0.05, 0) is 37.1 Å². The molecule has 4 heteroatoms. The number of benzene rings is 2. The van der Waals surface area contributed by atoms with Crippen molar-refractivity contribution in [3.63, 3.8) is 0 Å². The maximum atomic E-state index is 14.1. The van der Waals surface area contributed by atoms with Crippen LogP contribution >= 0.6 is 11.6 Å². The van der Waals surface area contributed by atoms with Crippen LogP contribution in [0.15, 0.2) is 30.3 Å². The summed E-state index contributed by atoms with van der Waals surface area (Å²) >= 11 is 5.82. The van der Waals surface area contributed by atoms with Crippen molar-refractivity contribution in [3.05, 3.63) is 63.4 Å². The standard InChI is InChI=1S/C16H17ClFNO/c1-9-7-10(2)14(13(8-9)20-3)16(19)11-5-4-6-12(17)15(11)18/h4-8,16H,19H2,1-3H3. The lowest BCUT2D eigenvalue weighted by atomic mass is 9.93. The Morgan fingerprint density at radius 3 is 2.60 bits per heavy atom. The molecule has 0 bridgehead atoms. The van der Waals surface area contributed by atoms with E-state index in [1.54, 1.807) is 19.2 Å². The molecule has 1 atom stereocenters. The molecule has 1 unspecified atom stereocenters. The highest BCUT2D eigenvalue weighted by Gasteiger charge is 2.21. The van der Waals surface area contributed by atoms with Gasteiger partial charge in [0.25, 0.3) is 0 Å². The van der Waals surface area contributed by atoms with E-state index in [2.05, 4.69) is 0 Å². The van der Waals surface area contributed by atoms with Crippen LogP contribution in [0.2, 0.25) is 5.02 Å². The molecule has 106 valence electrons. The van der Waals surface area contributed by atoms with Crippen molar-refractivity contribution in [2.24, 2.45) is 5.73 Å². The molecule has 20 heavy (non-hydrogen) atoms. The van der Waals surface area contributed by atoms with Gasteiger partial charge in [0.05, 0.1) is 18.2 Å². The van der Waals surface area contributed by atoms with E-state index in [9.17, 15) is 4.39 Å². The number of rotatable bonds is 3. The van der Waals surface area contributed by atoms with Gasteiger partial charge in [-0.3, -0.25) is 0 Å². The van der Waals surface area contributed by atoms with Crippen LogP contribution in [0.4, 0.5) is 4.39 Å². The molecule has 0 aromatic heterocycles. The second-order valence-electron chi connectivity index (χ2n) is 4.82. The Balaban J connectivity index is 2.59. The van der Waals surface area contributed by atoms with Crippen LogP contribution in [0.1, 0.15) is 28.3 Å². The lowest BCUT2D eigenvalue weighted by molar-refractivity contribution is 0.406. The molecule has 0 aliphatic rings. The first-order valence-corrected chi connectivity index (χ1v) is 6.68. The minimum atomic E-state index is -0.621. The Morgan fingerprint density at radius 2 is 1.95 bits per heavy atom. The molecule has 0 heterocycles. The number of hydrogen-bond acceptors (Lipinski definition) is 2. The summed E-state index contributed by atoms with van der Waals surface area (Å²) in [6.45, 7) is 3.91. The van der Waals surface area contributed by atoms with E-state index < -0.39 is 11.9 Å². The predicted molar refractivity (Wildman–Crippen MR) is 79.9 cm³/mol. The van der Waals surface area contributed by atoms with Crippen LogP contribution < -0.4 is 10.5 Å². The molecule has 2 aromatic carbocycles. The van der Waals surface area contributed by atoms with Gasteiger partial charge in [-0.1, -0.05) is 29.8 Å². The molecule has 0 spiro atoms. The number of hydrogen-bond donors (Lipinski definition) is 1. The summed E-state index contributed by atoms with van der Waals surface area (Å²) in [4.78, 5) is 0. The SMILES string of the molecule is COc1cc(C)cc(C)c1C(N)c1cccc(Cl)c1F. The number of nitrogens with two attached hydrogens (primary N) is 1. The third-order valence-corrected chi connectivity index (χ3v) is 3.63. The largest absolute Gasteiger partial charge is 0.496 e. The first-order valence-electron chi connectivity index (χ1n) is 6.30.